The summed E-state index contributed by atoms with van der Waals surface area (Å²) in [5.74, 6) is -3.90. The van der Waals surface area contributed by atoms with E-state index >= 15 is 0 Å². The van der Waals surface area contributed by atoms with Crippen molar-refractivity contribution in [3.05, 3.63) is 0 Å². The normalized spacial score (nSPS) is 20.9. The molecule has 7 heteroatoms. The number of carbonyl (C=O) groups excluding carboxylic acids is 2. The zero-order valence-electron chi connectivity index (χ0n) is 15.9. The maximum atomic E-state index is 12.6. The molecule has 0 radical (unpaired) electrons. The van der Waals surface area contributed by atoms with Crippen molar-refractivity contribution < 1.29 is 22.3 Å². The van der Waals surface area contributed by atoms with Gasteiger partial charge in [0.1, 0.15) is 12.1 Å². The summed E-state index contributed by atoms with van der Waals surface area (Å²) in [4.78, 5) is 35.8. The Hall–Kier alpha value is -1.63. The smallest absolute Gasteiger partial charge is 0.326 e. The van der Waals surface area contributed by atoms with Gasteiger partial charge in [-0.2, -0.15) is 0 Å². The number of amides is 2. The van der Waals surface area contributed by atoms with E-state index in [2.05, 4.69) is 5.32 Å². The maximum absolute atomic E-state index is 12.6. The standard InChI is InChI=1S/C16H29N3O4/c1-10(2)14(16(22)23)19-15(21)12(18-13(20)9-17)8-11-6-4-3-5-7-11/h10-12,14H,3-9,17H2,1-2H3,(H,18,20)(H,19,21)(H,22,23)/t12-,14-/m0/s1/i11D/hD. The molecule has 0 heterocycles. The van der Waals surface area contributed by atoms with E-state index in [1.807, 2.05) is 0 Å². The number of hydrogen-bond acceptors (Lipinski definition) is 4. The molecule has 0 aromatic rings. The van der Waals surface area contributed by atoms with Crippen LogP contribution in [-0.2, 0) is 14.4 Å². The van der Waals surface area contributed by atoms with Crippen molar-refractivity contribution in [2.24, 2.45) is 17.5 Å². The van der Waals surface area contributed by atoms with Gasteiger partial charge in [0.2, 0.25) is 11.8 Å². The molecule has 0 bridgehead atoms. The minimum atomic E-state index is -1.23. The summed E-state index contributed by atoms with van der Waals surface area (Å²) in [6, 6.07) is -2.35. The topological polar surface area (TPSA) is 122 Å². The molecule has 132 valence electrons. The molecular formula is C16H29N3O4. The number of rotatable bonds is 8. The second-order valence-corrected chi connectivity index (χ2v) is 6.33. The van der Waals surface area contributed by atoms with Crippen LogP contribution in [0.1, 0.15) is 53.7 Å². The van der Waals surface area contributed by atoms with Crippen LogP contribution >= 0.6 is 0 Å². The summed E-state index contributed by atoms with van der Waals surface area (Å²) in [5, 5.41) is 12.1. The van der Waals surface area contributed by atoms with Gasteiger partial charge in [0.05, 0.1) is 6.54 Å². The highest BCUT2D eigenvalue weighted by Crippen LogP contribution is 2.27. The molecule has 2 amide bonds. The fourth-order valence-corrected chi connectivity index (χ4v) is 2.72. The second kappa shape index (κ2) is 9.50. The van der Waals surface area contributed by atoms with E-state index in [1.165, 1.54) is 0 Å². The largest absolute Gasteiger partial charge is 0.480 e. The number of hydrogen-bond donors (Lipinski definition) is 4. The summed E-state index contributed by atoms with van der Waals surface area (Å²) in [5.41, 5.74) is 5.29. The van der Waals surface area contributed by atoms with Crippen molar-refractivity contribution in [2.75, 3.05) is 6.54 Å². The van der Waals surface area contributed by atoms with Crippen LogP contribution in [0.3, 0.4) is 0 Å². The number of carboxylic acids is 1. The summed E-state index contributed by atoms with van der Waals surface area (Å²) < 4.78 is 16.5. The average Bonchev–Trinajstić information content (AvgIpc) is 2.56. The Morgan fingerprint density at radius 3 is 2.39 bits per heavy atom. The Kier molecular flexibility index (Phi) is 6.70. The van der Waals surface area contributed by atoms with Gasteiger partial charge in [-0.05, 0) is 18.2 Å². The van der Waals surface area contributed by atoms with Gasteiger partial charge in [-0.1, -0.05) is 46.0 Å². The Balaban J connectivity index is 2.98. The van der Waals surface area contributed by atoms with E-state index in [0.717, 1.165) is 19.3 Å². The lowest BCUT2D eigenvalue weighted by Crippen LogP contribution is -2.54. The molecule has 5 N–H and O–H groups in total. The van der Waals surface area contributed by atoms with Crippen LogP contribution < -0.4 is 16.4 Å². The quantitative estimate of drug-likeness (QED) is 0.520. The Bertz CT molecular complexity index is 496. The van der Waals surface area contributed by atoms with Crippen LogP contribution in [-0.4, -0.2) is 41.5 Å². The van der Waals surface area contributed by atoms with E-state index in [9.17, 15) is 19.5 Å². The first-order valence-electron chi connectivity index (χ1n) is 9.10. The minimum absolute atomic E-state index is 0.00148. The van der Waals surface area contributed by atoms with Gasteiger partial charge in [0.15, 0.2) is 1.41 Å². The van der Waals surface area contributed by atoms with Crippen molar-refractivity contribution >= 4 is 17.8 Å². The lowest BCUT2D eigenvalue weighted by Gasteiger charge is -2.28. The summed E-state index contributed by atoms with van der Waals surface area (Å²) in [7, 11) is 0. The predicted octanol–water partition coefficient (Wildman–Crippen LogP) is 0.626. The van der Waals surface area contributed by atoms with Gasteiger partial charge in [-0.25, -0.2) is 4.79 Å². The summed E-state index contributed by atoms with van der Waals surface area (Å²) in [6.45, 7) is 2.89. The molecule has 7 nitrogen and oxygen atoms in total. The highest BCUT2D eigenvalue weighted by Gasteiger charge is 2.30. The van der Waals surface area contributed by atoms with Gasteiger partial charge in [0.25, 0.3) is 0 Å². The molecular weight excluding hydrogens is 298 g/mol. The first-order valence-corrected chi connectivity index (χ1v) is 8.15. The Morgan fingerprint density at radius 1 is 1.30 bits per heavy atom. The molecule has 0 aromatic carbocycles. The van der Waals surface area contributed by atoms with Crippen LogP contribution in [0.2, 0.25) is 1.41 Å². The molecule has 2 atom stereocenters. The highest BCUT2D eigenvalue weighted by atomic mass is 16.4. The van der Waals surface area contributed by atoms with E-state index in [-0.39, 0.29) is 12.3 Å². The average molecular weight is 329 g/mol. The van der Waals surface area contributed by atoms with Crippen molar-refractivity contribution in [3.63, 3.8) is 0 Å². The number of nitrogens with one attached hydrogen (secondary N) is 2. The third-order valence-corrected chi connectivity index (χ3v) is 4.05. The molecule has 0 saturated heterocycles. The first-order chi connectivity index (χ1) is 11.6. The maximum Gasteiger partial charge on any atom is 0.326 e. The minimum Gasteiger partial charge on any atom is -0.480 e. The Labute approximate surface area is 140 Å². The van der Waals surface area contributed by atoms with Gasteiger partial charge >= 0.3 is 5.97 Å². The van der Waals surface area contributed by atoms with Crippen molar-refractivity contribution in [3.8, 4) is 0 Å². The van der Waals surface area contributed by atoms with E-state index in [4.69, 9.17) is 8.52 Å². The molecule has 0 spiro atoms. The van der Waals surface area contributed by atoms with E-state index in [0.29, 0.717) is 18.2 Å². The lowest BCUT2D eigenvalue weighted by atomic mass is 9.84. The summed E-state index contributed by atoms with van der Waals surface area (Å²) >= 11 is 0. The molecule has 1 aliphatic carbocycles. The highest BCUT2D eigenvalue weighted by molar-refractivity contribution is 5.90. The molecule has 23 heavy (non-hydrogen) atoms. The van der Waals surface area contributed by atoms with Crippen molar-refractivity contribution in [1.29, 1.82) is 0 Å². The van der Waals surface area contributed by atoms with Crippen LogP contribution in [0, 0.1) is 11.8 Å². The molecule has 1 aliphatic rings. The molecule has 0 aliphatic heterocycles. The zero-order chi connectivity index (χ0) is 19.2. The number of aliphatic carboxylic acids is 1. The van der Waals surface area contributed by atoms with Gasteiger partial charge in [-0.3, -0.25) is 9.59 Å². The van der Waals surface area contributed by atoms with E-state index in [1.54, 1.807) is 13.8 Å². The molecule has 1 rings (SSSR count). The van der Waals surface area contributed by atoms with Gasteiger partial charge in [0, 0.05) is 1.37 Å². The Morgan fingerprint density at radius 2 is 1.91 bits per heavy atom. The number of carbonyl (C=O) groups is 3. The van der Waals surface area contributed by atoms with E-state index < -0.39 is 42.3 Å². The number of nitrogens with two attached hydrogens (primary N) is 1. The molecule has 1 saturated carbocycles. The van der Waals surface area contributed by atoms with Crippen LogP contribution in [0.25, 0.3) is 0 Å². The van der Waals surface area contributed by atoms with Crippen molar-refractivity contribution in [2.45, 2.75) is 64.5 Å². The van der Waals surface area contributed by atoms with Gasteiger partial charge < -0.3 is 21.5 Å². The van der Waals surface area contributed by atoms with Crippen LogP contribution in [0.5, 0.6) is 0 Å². The second-order valence-electron chi connectivity index (χ2n) is 6.33. The van der Waals surface area contributed by atoms with Crippen LogP contribution in [0.15, 0.2) is 0 Å². The monoisotopic (exact) mass is 329 g/mol. The van der Waals surface area contributed by atoms with Crippen LogP contribution in [0.4, 0.5) is 0 Å². The molecule has 0 aromatic heterocycles. The van der Waals surface area contributed by atoms with Gasteiger partial charge in [-0.15, -0.1) is 0 Å². The third kappa shape index (κ3) is 6.56. The summed E-state index contributed by atoms with van der Waals surface area (Å²) in [6.07, 6.45) is 3.94. The molecule has 1 fully saturated rings. The number of carboxylic acid groups (broad SMARTS) is 1. The van der Waals surface area contributed by atoms with Crippen molar-refractivity contribution in [1.82, 2.24) is 10.6 Å². The fourth-order valence-electron chi connectivity index (χ4n) is 2.72. The fraction of sp³-hybridized carbons (Fsp3) is 0.812. The lowest BCUT2D eigenvalue weighted by molar-refractivity contribution is -0.143. The molecule has 0 unspecified atom stereocenters. The zero-order valence-corrected chi connectivity index (χ0v) is 13.9. The predicted molar refractivity (Wildman–Crippen MR) is 86.6 cm³/mol. The third-order valence-electron chi connectivity index (χ3n) is 4.05. The first kappa shape index (κ1) is 16.2. The SMILES string of the molecule is [2H]N(C(=O)CN)[C@@H](CC1([2H])CCCCC1)C(=O)N[C@H](C(=O)O)C(C)C.